The van der Waals surface area contributed by atoms with Crippen LogP contribution in [0.1, 0.15) is 63.9 Å². The van der Waals surface area contributed by atoms with Crippen molar-refractivity contribution in [1.82, 2.24) is 0 Å². The fourth-order valence-electron chi connectivity index (χ4n) is 3.93. The van der Waals surface area contributed by atoms with Gasteiger partial charge in [-0.3, -0.25) is 4.79 Å². The molecule has 1 heterocycles. The zero-order chi connectivity index (χ0) is 22.9. The Kier molecular flexibility index (Phi) is 8.31. The Morgan fingerprint density at radius 3 is 2.31 bits per heavy atom. The Morgan fingerprint density at radius 2 is 1.62 bits per heavy atom. The average Bonchev–Trinajstić information content (AvgIpc) is 3.10. The molecule has 1 aliphatic rings. The van der Waals surface area contributed by atoms with E-state index in [9.17, 15) is 14.7 Å². The van der Waals surface area contributed by atoms with Crippen molar-refractivity contribution >= 4 is 28.9 Å². The topological polar surface area (TPSA) is 78.9 Å². The summed E-state index contributed by atoms with van der Waals surface area (Å²) >= 11 is 0. The summed E-state index contributed by atoms with van der Waals surface area (Å²) in [6.45, 7) is 2.20. The number of aliphatic hydroxyl groups is 1. The summed E-state index contributed by atoms with van der Waals surface area (Å²) in [7, 11) is 1.57. The molecule has 0 saturated heterocycles. The van der Waals surface area contributed by atoms with Crippen LogP contribution in [0.3, 0.4) is 0 Å². The van der Waals surface area contributed by atoms with E-state index in [1.807, 2.05) is 0 Å². The molecule has 32 heavy (non-hydrogen) atoms. The van der Waals surface area contributed by atoms with Crippen molar-refractivity contribution in [3.05, 3.63) is 59.9 Å². The number of imide groups is 1. The highest BCUT2D eigenvalue weighted by Crippen LogP contribution is 2.39. The Balaban J connectivity index is 1.70. The number of unbranched alkanes of at least 4 members (excludes halogenated alkanes) is 6. The van der Waals surface area contributed by atoms with Gasteiger partial charge in [0.1, 0.15) is 11.5 Å². The fourth-order valence-corrected chi connectivity index (χ4v) is 3.93. The molecule has 0 atom stereocenters. The van der Waals surface area contributed by atoms with Crippen LogP contribution < -0.4 is 15.0 Å². The van der Waals surface area contributed by atoms with Gasteiger partial charge in [0.05, 0.1) is 18.4 Å². The zero-order valence-electron chi connectivity index (χ0n) is 18.9. The molecular weight excluding hydrogens is 404 g/mol. The van der Waals surface area contributed by atoms with Crippen molar-refractivity contribution in [3.63, 3.8) is 0 Å². The van der Waals surface area contributed by atoms with Crippen molar-refractivity contribution in [2.75, 3.05) is 17.3 Å². The first kappa shape index (κ1) is 23.4. The average molecular weight is 437 g/mol. The van der Waals surface area contributed by atoms with Crippen molar-refractivity contribution in [2.24, 2.45) is 0 Å². The van der Waals surface area contributed by atoms with E-state index in [1.165, 1.54) is 25.7 Å². The number of benzene rings is 2. The molecule has 3 rings (SSSR count). The lowest BCUT2D eigenvalue weighted by Gasteiger charge is -2.16. The predicted molar refractivity (Wildman–Crippen MR) is 128 cm³/mol. The maximum atomic E-state index is 13.2. The summed E-state index contributed by atoms with van der Waals surface area (Å²) in [6.07, 6.45) is 8.31. The van der Waals surface area contributed by atoms with Crippen LogP contribution in [0.2, 0.25) is 0 Å². The molecule has 1 aliphatic heterocycles. The van der Waals surface area contributed by atoms with Gasteiger partial charge >= 0.3 is 6.03 Å². The third-order valence-corrected chi connectivity index (χ3v) is 5.68. The Morgan fingerprint density at radius 1 is 0.969 bits per heavy atom. The summed E-state index contributed by atoms with van der Waals surface area (Å²) < 4.78 is 5.13. The van der Waals surface area contributed by atoms with Gasteiger partial charge in [-0.05, 0) is 36.8 Å². The second-order valence-electron chi connectivity index (χ2n) is 8.01. The largest absolute Gasteiger partial charge is 0.511 e. The highest BCUT2D eigenvalue weighted by molar-refractivity contribution is 6.41. The van der Waals surface area contributed by atoms with Crippen LogP contribution in [0.15, 0.2) is 54.3 Å². The summed E-state index contributed by atoms with van der Waals surface area (Å²) in [5, 5.41) is 13.5. The lowest BCUT2D eigenvalue weighted by atomic mass is 10.0. The Labute approximate surface area is 189 Å². The number of methoxy groups -OCH3 is 1. The van der Waals surface area contributed by atoms with Gasteiger partial charge in [-0.25, -0.2) is 9.69 Å². The van der Waals surface area contributed by atoms with E-state index in [0.29, 0.717) is 29.1 Å². The number of anilines is 2. The standard InChI is InChI=1S/C26H32N2O4/c1-3-4-5-6-7-8-9-14-23(29)24-21-12-10-11-13-22(21)28(25(24)30)26(31)27-19-15-17-20(32-2)18-16-19/h10-13,15-18,29H,3-9,14H2,1-2H3,(H,27,31). The molecule has 2 N–H and O–H groups in total. The number of fused-ring (bicyclic) bond motifs is 1. The number of rotatable bonds is 10. The summed E-state index contributed by atoms with van der Waals surface area (Å²) in [6, 6.07) is 13.4. The molecule has 170 valence electrons. The number of aliphatic hydroxyl groups excluding tert-OH is 1. The maximum Gasteiger partial charge on any atom is 0.333 e. The smallest absolute Gasteiger partial charge is 0.333 e. The molecule has 0 spiro atoms. The van der Waals surface area contributed by atoms with E-state index in [0.717, 1.165) is 24.2 Å². The minimum absolute atomic E-state index is 0.0516. The number of nitrogens with one attached hydrogen (secondary N) is 1. The van der Waals surface area contributed by atoms with Gasteiger partial charge in [-0.1, -0.05) is 63.6 Å². The van der Waals surface area contributed by atoms with Crippen LogP contribution in [0.5, 0.6) is 5.75 Å². The normalized spacial score (nSPS) is 14.3. The highest BCUT2D eigenvalue weighted by atomic mass is 16.5. The first-order valence-corrected chi connectivity index (χ1v) is 11.4. The van der Waals surface area contributed by atoms with Gasteiger partial charge in [0.2, 0.25) is 0 Å². The molecule has 0 unspecified atom stereocenters. The van der Waals surface area contributed by atoms with E-state index in [-0.39, 0.29) is 11.3 Å². The van der Waals surface area contributed by atoms with E-state index in [1.54, 1.807) is 55.6 Å². The molecule has 0 radical (unpaired) electrons. The minimum atomic E-state index is -0.564. The van der Waals surface area contributed by atoms with Crippen LogP contribution >= 0.6 is 0 Å². The molecule has 6 heteroatoms. The Bertz CT molecular complexity index is 966. The number of amides is 3. The first-order valence-electron chi connectivity index (χ1n) is 11.4. The van der Waals surface area contributed by atoms with E-state index in [2.05, 4.69) is 12.2 Å². The van der Waals surface area contributed by atoms with E-state index in [4.69, 9.17) is 4.74 Å². The van der Waals surface area contributed by atoms with Crippen molar-refractivity contribution < 1.29 is 19.4 Å². The predicted octanol–water partition coefficient (Wildman–Crippen LogP) is 6.68. The van der Waals surface area contributed by atoms with Gasteiger partial charge in [0.15, 0.2) is 0 Å². The molecule has 0 fully saturated rings. The third kappa shape index (κ3) is 5.49. The number of urea groups is 1. The SMILES string of the molecule is CCCCCCCCCC(O)=C1C(=O)N(C(=O)Nc2ccc(OC)cc2)c2ccccc21. The summed E-state index contributed by atoms with van der Waals surface area (Å²) in [4.78, 5) is 27.2. The summed E-state index contributed by atoms with van der Waals surface area (Å²) in [5.74, 6) is 0.222. The van der Waals surface area contributed by atoms with Gasteiger partial charge in [0, 0.05) is 17.7 Å². The molecule has 0 bridgehead atoms. The van der Waals surface area contributed by atoms with Crippen LogP contribution in [-0.4, -0.2) is 24.2 Å². The number of para-hydroxylation sites is 1. The Hall–Kier alpha value is -3.28. The van der Waals surface area contributed by atoms with Gasteiger partial charge in [-0.15, -0.1) is 0 Å². The number of carbonyl (C=O) groups is 2. The van der Waals surface area contributed by atoms with Crippen LogP contribution in [0.25, 0.3) is 5.57 Å². The number of hydrogen-bond acceptors (Lipinski definition) is 4. The lowest BCUT2D eigenvalue weighted by molar-refractivity contribution is -0.112. The summed E-state index contributed by atoms with van der Waals surface area (Å²) in [5.41, 5.74) is 1.83. The monoisotopic (exact) mass is 436 g/mol. The van der Waals surface area contributed by atoms with Crippen molar-refractivity contribution in [2.45, 2.75) is 58.3 Å². The zero-order valence-corrected chi connectivity index (χ0v) is 18.9. The molecule has 0 aliphatic carbocycles. The molecular formula is C26H32N2O4. The van der Waals surface area contributed by atoms with Gasteiger partial charge in [-0.2, -0.15) is 0 Å². The lowest BCUT2D eigenvalue weighted by Crippen LogP contribution is -2.37. The van der Waals surface area contributed by atoms with Crippen LogP contribution in [0.4, 0.5) is 16.2 Å². The number of ether oxygens (including phenoxy) is 1. The second-order valence-corrected chi connectivity index (χ2v) is 8.01. The van der Waals surface area contributed by atoms with Crippen molar-refractivity contribution in [1.29, 1.82) is 0 Å². The van der Waals surface area contributed by atoms with E-state index >= 15 is 0 Å². The first-order chi connectivity index (χ1) is 15.6. The molecule has 0 saturated carbocycles. The number of allylic oxidation sites excluding steroid dienone is 1. The second kappa shape index (κ2) is 11.4. The molecule has 2 aromatic carbocycles. The molecule has 6 nitrogen and oxygen atoms in total. The maximum absolute atomic E-state index is 13.2. The number of nitrogens with zero attached hydrogens (tertiary/aromatic N) is 1. The molecule has 0 aromatic heterocycles. The number of hydrogen-bond donors (Lipinski definition) is 2. The molecule has 2 aromatic rings. The van der Waals surface area contributed by atoms with E-state index < -0.39 is 11.9 Å². The quantitative estimate of drug-likeness (QED) is 0.247. The minimum Gasteiger partial charge on any atom is -0.511 e. The molecule has 3 amide bonds. The van der Waals surface area contributed by atoms with Crippen LogP contribution in [-0.2, 0) is 4.79 Å². The highest BCUT2D eigenvalue weighted by Gasteiger charge is 2.38. The van der Waals surface area contributed by atoms with Gasteiger partial charge in [0.25, 0.3) is 5.91 Å². The van der Waals surface area contributed by atoms with Gasteiger partial charge < -0.3 is 15.2 Å². The fraction of sp³-hybridized carbons (Fsp3) is 0.385. The van der Waals surface area contributed by atoms with Crippen molar-refractivity contribution in [3.8, 4) is 5.75 Å². The third-order valence-electron chi connectivity index (χ3n) is 5.68. The van der Waals surface area contributed by atoms with Crippen LogP contribution in [0, 0.1) is 0 Å². The number of carbonyl (C=O) groups excluding carboxylic acids is 2.